The molecule has 0 aromatic heterocycles. The number of nitrogens with two attached hydrogens (primary N) is 1. The van der Waals surface area contributed by atoms with Gasteiger partial charge < -0.3 is 15.2 Å². The van der Waals surface area contributed by atoms with Crippen LogP contribution < -0.4 is 10.5 Å². The zero-order valence-electron chi connectivity index (χ0n) is 11.5. The van der Waals surface area contributed by atoms with Crippen LogP contribution in [-0.2, 0) is 4.74 Å². The molecule has 0 aliphatic heterocycles. The van der Waals surface area contributed by atoms with E-state index in [2.05, 4.69) is 11.7 Å². The van der Waals surface area contributed by atoms with Crippen molar-refractivity contribution in [2.75, 3.05) is 12.8 Å². The molecule has 0 unspecified atom stereocenters. The van der Waals surface area contributed by atoms with E-state index < -0.39 is 0 Å². The SMILES string of the molecule is COC(=O)c1ccc(OC2CCC(C)CC2)c(N)c1. The number of rotatable bonds is 3. The van der Waals surface area contributed by atoms with Crippen molar-refractivity contribution >= 4 is 11.7 Å². The Hall–Kier alpha value is -1.71. The van der Waals surface area contributed by atoms with Crippen molar-refractivity contribution in [3.63, 3.8) is 0 Å². The van der Waals surface area contributed by atoms with Crippen molar-refractivity contribution in [2.24, 2.45) is 5.92 Å². The standard InChI is InChI=1S/C15H21NO3/c1-10-3-6-12(7-4-10)19-14-8-5-11(9-13(14)16)15(17)18-2/h5,8-10,12H,3-4,6-7,16H2,1-2H3. The lowest BCUT2D eigenvalue weighted by molar-refractivity contribution is 0.0600. The first-order chi connectivity index (χ1) is 9.10. The zero-order valence-corrected chi connectivity index (χ0v) is 11.5. The van der Waals surface area contributed by atoms with Gasteiger partial charge in [0.2, 0.25) is 0 Å². The Morgan fingerprint density at radius 2 is 1.95 bits per heavy atom. The molecule has 0 amide bonds. The third kappa shape index (κ3) is 3.40. The summed E-state index contributed by atoms with van der Waals surface area (Å²) in [5.74, 6) is 1.07. The van der Waals surface area contributed by atoms with Gasteiger partial charge in [0.15, 0.2) is 0 Å². The molecule has 1 aliphatic carbocycles. The molecular weight excluding hydrogens is 242 g/mol. The maximum absolute atomic E-state index is 11.4. The van der Waals surface area contributed by atoms with Crippen molar-refractivity contribution in [3.8, 4) is 5.75 Å². The van der Waals surface area contributed by atoms with Gasteiger partial charge in [-0.1, -0.05) is 6.92 Å². The molecule has 1 aromatic carbocycles. The average Bonchev–Trinajstić information content (AvgIpc) is 2.42. The highest BCUT2D eigenvalue weighted by molar-refractivity contribution is 5.90. The Morgan fingerprint density at radius 3 is 2.53 bits per heavy atom. The molecule has 2 rings (SSSR count). The Kier molecular flexibility index (Phi) is 4.30. The molecule has 0 spiro atoms. The van der Waals surface area contributed by atoms with Crippen LogP contribution in [0.2, 0.25) is 0 Å². The highest BCUT2D eigenvalue weighted by Gasteiger charge is 2.20. The molecule has 4 nitrogen and oxygen atoms in total. The highest BCUT2D eigenvalue weighted by atomic mass is 16.5. The van der Waals surface area contributed by atoms with Crippen LogP contribution in [0, 0.1) is 5.92 Å². The summed E-state index contributed by atoms with van der Waals surface area (Å²) in [5.41, 5.74) is 6.86. The van der Waals surface area contributed by atoms with E-state index in [1.54, 1.807) is 18.2 Å². The van der Waals surface area contributed by atoms with Gasteiger partial charge in [-0.25, -0.2) is 4.79 Å². The Balaban J connectivity index is 2.03. The summed E-state index contributed by atoms with van der Waals surface area (Å²) in [5, 5.41) is 0. The largest absolute Gasteiger partial charge is 0.488 e. The second-order valence-electron chi connectivity index (χ2n) is 5.24. The maximum Gasteiger partial charge on any atom is 0.337 e. The first-order valence-electron chi connectivity index (χ1n) is 6.74. The smallest absolute Gasteiger partial charge is 0.337 e. The van der Waals surface area contributed by atoms with Crippen LogP contribution in [0.25, 0.3) is 0 Å². The molecule has 19 heavy (non-hydrogen) atoms. The van der Waals surface area contributed by atoms with Crippen LogP contribution in [-0.4, -0.2) is 19.2 Å². The third-order valence-corrected chi connectivity index (χ3v) is 3.69. The van der Waals surface area contributed by atoms with E-state index >= 15 is 0 Å². The van der Waals surface area contributed by atoms with Crippen LogP contribution in [0.15, 0.2) is 18.2 Å². The minimum atomic E-state index is -0.384. The van der Waals surface area contributed by atoms with Gasteiger partial charge in [-0.15, -0.1) is 0 Å². The minimum absolute atomic E-state index is 0.238. The average molecular weight is 263 g/mol. The lowest BCUT2D eigenvalue weighted by atomic mass is 9.89. The Labute approximate surface area is 113 Å². The lowest BCUT2D eigenvalue weighted by Crippen LogP contribution is -2.23. The third-order valence-electron chi connectivity index (χ3n) is 3.69. The van der Waals surface area contributed by atoms with Gasteiger partial charge in [0, 0.05) is 0 Å². The number of hydrogen-bond acceptors (Lipinski definition) is 4. The zero-order chi connectivity index (χ0) is 13.8. The van der Waals surface area contributed by atoms with Gasteiger partial charge in [-0.05, 0) is 49.8 Å². The molecule has 0 heterocycles. The topological polar surface area (TPSA) is 61.5 Å². The number of esters is 1. The van der Waals surface area contributed by atoms with Crippen LogP contribution in [0.1, 0.15) is 43.0 Å². The number of ether oxygens (including phenoxy) is 2. The summed E-state index contributed by atoms with van der Waals surface area (Å²) in [6.45, 7) is 2.27. The minimum Gasteiger partial charge on any atom is -0.488 e. The predicted octanol–water partition coefficient (Wildman–Crippen LogP) is 3.01. The molecule has 1 aromatic rings. The number of carbonyl (C=O) groups is 1. The van der Waals surface area contributed by atoms with Crippen molar-refractivity contribution in [1.29, 1.82) is 0 Å². The van der Waals surface area contributed by atoms with Crippen molar-refractivity contribution in [3.05, 3.63) is 23.8 Å². The van der Waals surface area contributed by atoms with Gasteiger partial charge >= 0.3 is 5.97 Å². The molecular formula is C15H21NO3. The first-order valence-corrected chi connectivity index (χ1v) is 6.74. The summed E-state index contributed by atoms with van der Waals surface area (Å²) < 4.78 is 10.6. The lowest BCUT2D eigenvalue weighted by Gasteiger charge is -2.27. The molecule has 0 atom stereocenters. The predicted molar refractivity (Wildman–Crippen MR) is 74.2 cm³/mol. The number of methoxy groups -OCH3 is 1. The van der Waals surface area contributed by atoms with E-state index in [9.17, 15) is 4.79 Å². The molecule has 0 bridgehead atoms. The Morgan fingerprint density at radius 1 is 1.26 bits per heavy atom. The van der Waals surface area contributed by atoms with E-state index in [1.165, 1.54) is 20.0 Å². The summed E-state index contributed by atoms with van der Waals surface area (Å²) in [4.78, 5) is 11.4. The number of anilines is 1. The van der Waals surface area contributed by atoms with Crippen molar-refractivity contribution < 1.29 is 14.3 Å². The van der Waals surface area contributed by atoms with Crippen molar-refractivity contribution in [1.82, 2.24) is 0 Å². The Bertz CT molecular complexity index is 451. The van der Waals surface area contributed by atoms with E-state index in [0.29, 0.717) is 17.0 Å². The summed E-state index contributed by atoms with van der Waals surface area (Å²) in [6, 6.07) is 5.04. The normalized spacial score (nSPS) is 22.8. The molecule has 104 valence electrons. The number of hydrogen-bond donors (Lipinski definition) is 1. The van der Waals surface area contributed by atoms with E-state index in [1.807, 2.05) is 0 Å². The van der Waals surface area contributed by atoms with E-state index in [-0.39, 0.29) is 12.1 Å². The molecule has 4 heteroatoms. The summed E-state index contributed by atoms with van der Waals surface area (Å²) in [7, 11) is 1.35. The van der Waals surface area contributed by atoms with E-state index in [0.717, 1.165) is 18.8 Å². The highest BCUT2D eigenvalue weighted by Crippen LogP contribution is 2.30. The van der Waals surface area contributed by atoms with Crippen LogP contribution in [0.3, 0.4) is 0 Å². The first kappa shape index (κ1) is 13.7. The molecule has 1 saturated carbocycles. The van der Waals surface area contributed by atoms with Gasteiger partial charge in [0.05, 0.1) is 24.5 Å². The van der Waals surface area contributed by atoms with Crippen LogP contribution >= 0.6 is 0 Å². The fourth-order valence-corrected chi connectivity index (χ4v) is 2.43. The maximum atomic E-state index is 11.4. The molecule has 1 fully saturated rings. The van der Waals surface area contributed by atoms with Crippen LogP contribution in [0.5, 0.6) is 5.75 Å². The van der Waals surface area contributed by atoms with Gasteiger partial charge in [-0.2, -0.15) is 0 Å². The van der Waals surface area contributed by atoms with Gasteiger partial charge in [0.25, 0.3) is 0 Å². The fraction of sp³-hybridized carbons (Fsp3) is 0.533. The second kappa shape index (κ2) is 5.95. The van der Waals surface area contributed by atoms with E-state index in [4.69, 9.17) is 10.5 Å². The monoisotopic (exact) mass is 263 g/mol. The molecule has 2 N–H and O–H groups in total. The molecule has 0 saturated heterocycles. The number of carbonyl (C=O) groups excluding carboxylic acids is 1. The second-order valence-corrected chi connectivity index (χ2v) is 5.24. The van der Waals surface area contributed by atoms with Crippen LogP contribution in [0.4, 0.5) is 5.69 Å². The fourth-order valence-electron chi connectivity index (χ4n) is 2.43. The molecule has 0 radical (unpaired) electrons. The van der Waals surface area contributed by atoms with Gasteiger partial charge in [0.1, 0.15) is 5.75 Å². The number of benzene rings is 1. The summed E-state index contributed by atoms with van der Waals surface area (Å²) >= 11 is 0. The number of nitrogen functional groups attached to an aromatic ring is 1. The summed E-state index contributed by atoms with van der Waals surface area (Å²) in [6.07, 6.45) is 4.77. The quantitative estimate of drug-likeness (QED) is 0.672. The molecule has 1 aliphatic rings. The van der Waals surface area contributed by atoms with Crippen molar-refractivity contribution in [2.45, 2.75) is 38.7 Å². The van der Waals surface area contributed by atoms with Gasteiger partial charge in [-0.3, -0.25) is 0 Å².